The third kappa shape index (κ3) is 2.30. The summed E-state index contributed by atoms with van der Waals surface area (Å²) in [4.78, 5) is 8.18. The normalized spacial score (nSPS) is 20.5. The largest absolute Gasteiger partial charge is 0.393 e. The van der Waals surface area contributed by atoms with Gasteiger partial charge in [0, 0.05) is 6.61 Å². The molecule has 1 aliphatic rings. The van der Waals surface area contributed by atoms with Crippen molar-refractivity contribution in [3.63, 3.8) is 0 Å². The van der Waals surface area contributed by atoms with Gasteiger partial charge >= 0.3 is 0 Å². The number of nitrogens with two attached hydrogens (primary N) is 1. The van der Waals surface area contributed by atoms with E-state index in [9.17, 15) is 0 Å². The average Bonchev–Trinajstić information content (AvgIpc) is 2.66. The van der Waals surface area contributed by atoms with Crippen molar-refractivity contribution in [2.45, 2.75) is 19.4 Å². The van der Waals surface area contributed by atoms with Crippen LogP contribution in [0.25, 0.3) is 0 Å². The first-order valence-electron chi connectivity index (χ1n) is 4.80. The Morgan fingerprint density at radius 1 is 1.53 bits per heavy atom. The van der Waals surface area contributed by atoms with Crippen molar-refractivity contribution in [1.82, 2.24) is 9.97 Å². The molecular formula is C9H13ClN4O. The van der Waals surface area contributed by atoms with E-state index >= 15 is 0 Å². The Labute approximate surface area is 93.0 Å². The maximum absolute atomic E-state index is 5.86. The molecule has 0 amide bonds. The van der Waals surface area contributed by atoms with Crippen molar-refractivity contribution in [3.05, 3.63) is 11.0 Å². The number of anilines is 2. The molecule has 0 spiro atoms. The molecule has 0 unspecified atom stereocenters. The second-order valence-corrected chi connectivity index (χ2v) is 3.89. The number of ether oxygens (including phenoxy) is 1. The molecule has 0 aliphatic carbocycles. The van der Waals surface area contributed by atoms with Gasteiger partial charge in [0.1, 0.15) is 11.5 Å². The Balaban J connectivity index is 2.19. The van der Waals surface area contributed by atoms with Gasteiger partial charge < -0.3 is 15.8 Å². The van der Waals surface area contributed by atoms with Gasteiger partial charge in [0.15, 0.2) is 11.0 Å². The summed E-state index contributed by atoms with van der Waals surface area (Å²) >= 11 is 5.86. The molecule has 5 nitrogen and oxygen atoms in total. The van der Waals surface area contributed by atoms with Crippen LogP contribution in [-0.4, -0.2) is 29.2 Å². The molecular weight excluding hydrogens is 216 g/mol. The smallest absolute Gasteiger partial charge is 0.157 e. The predicted octanol–water partition coefficient (Wildman–Crippen LogP) is 1.22. The van der Waals surface area contributed by atoms with Gasteiger partial charge in [-0.3, -0.25) is 0 Å². The fourth-order valence-corrected chi connectivity index (χ4v) is 1.71. The summed E-state index contributed by atoms with van der Waals surface area (Å²) in [5.74, 6) is 1.21. The van der Waals surface area contributed by atoms with Gasteiger partial charge in [-0.2, -0.15) is 0 Å². The minimum Gasteiger partial charge on any atom is -0.393 e. The standard InChI is InChI=1S/C9H13ClN4O/c1-5-12-8(10)7(11)9(13-5)14-6-2-3-15-4-6/h6H,2-4,11H2,1H3,(H,12,13,14)/t6-/m0/s1. The number of nitrogen functional groups attached to an aromatic ring is 1. The van der Waals surface area contributed by atoms with E-state index in [1.165, 1.54) is 0 Å². The van der Waals surface area contributed by atoms with Crippen LogP contribution < -0.4 is 11.1 Å². The van der Waals surface area contributed by atoms with E-state index in [4.69, 9.17) is 22.1 Å². The molecule has 6 heteroatoms. The number of hydrogen-bond acceptors (Lipinski definition) is 5. The lowest BCUT2D eigenvalue weighted by atomic mass is 10.2. The molecule has 1 aromatic heterocycles. The van der Waals surface area contributed by atoms with E-state index in [0.717, 1.165) is 13.0 Å². The molecule has 0 bridgehead atoms. The van der Waals surface area contributed by atoms with Crippen molar-refractivity contribution in [3.8, 4) is 0 Å². The Morgan fingerprint density at radius 2 is 2.33 bits per heavy atom. The molecule has 82 valence electrons. The number of hydrogen-bond donors (Lipinski definition) is 2. The number of nitrogens with zero attached hydrogens (tertiary/aromatic N) is 2. The molecule has 1 atom stereocenters. The molecule has 1 saturated heterocycles. The SMILES string of the molecule is Cc1nc(Cl)c(N)c(N[C@H]2CCOC2)n1. The summed E-state index contributed by atoms with van der Waals surface area (Å²) in [6.45, 7) is 3.23. The first-order valence-corrected chi connectivity index (χ1v) is 5.18. The summed E-state index contributed by atoms with van der Waals surface area (Å²) in [5, 5.41) is 3.50. The maximum Gasteiger partial charge on any atom is 0.157 e. The quantitative estimate of drug-likeness (QED) is 0.745. The lowest BCUT2D eigenvalue weighted by Gasteiger charge is -2.13. The van der Waals surface area contributed by atoms with Gasteiger partial charge in [-0.25, -0.2) is 9.97 Å². The lowest BCUT2D eigenvalue weighted by Crippen LogP contribution is -2.21. The van der Waals surface area contributed by atoms with Crippen molar-refractivity contribution in [2.24, 2.45) is 0 Å². The molecule has 2 heterocycles. The zero-order chi connectivity index (χ0) is 10.8. The van der Waals surface area contributed by atoms with E-state index in [0.29, 0.717) is 29.1 Å². The van der Waals surface area contributed by atoms with Crippen molar-refractivity contribution < 1.29 is 4.74 Å². The number of aryl methyl sites for hydroxylation is 1. The first-order chi connectivity index (χ1) is 7.16. The van der Waals surface area contributed by atoms with E-state index in [1.54, 1.807) is 6.92 Å². The molecule has 2 rings (SSSR count). The Bertz CT molecular complexity index is 365. The maximum atomic E-state index is 5.86. The van der Waals surface area contributed by atoms with Crippen LogP contribution in [0.5, 0.6) is 0 Å². The van der Waals surface area contributed by atoms with Crippen molar-refractivity contribution in [1.29, 1.82) is 0 Å². The second-order valence-electron chi connectivity index (χ2n) is 3.53. The molecule has 1 aliphatic heterocycles. The minimum absolute atomic E-state index is 0.262. The topological polar surface area (TPSA) is 73.1 Å². The Kier molecular flexibility index (Phi) is 2.93. The third-order valence-electron chi connectivity index (χ3n) is 2.28. The lowest BCUT2D eigenvalue weighted by molar-refractivity contribution is 0.195. The minimum atomic E-state index is 0.262. The van der Waals surface area contributed by atoms with Crippen LogP contribution in [0.1, 0.15) is 12.2 Å². The van der Waals surface area contributed by atoms with E-state index < -0.39 is 0 Å². The molecule has 3 N–H and O–H groups in total. The van der Waals surface area contributed by atoms with E-state index in [1.807, 2.05) is 0 Å². The van der Waals surface area contributed by atoms with Gasteiger partial charge in [0.2, 0.25) is 0 Å². The summed E-state index contributed by atoms with van der Waals surface area (Å²) < 4.78 is 5.25. The molecule has 15 heavy (non-hydrogen) atoms. The molecule has 1 fully saturated rings. The third-order valence-corrected chi connectivity index (χ3v) is 2.57. The molecule has 0 saturated carbocycles. The highest BCUT2D eigenvalue weighted by Crippen LogP contribution is 2.25. The molecule has 0 radical (unpaired) electrons. The fourth-order valence-electron chi connectivity index (χ4n) is 1.50. The van der Waals surface area contributed by atoms with Crippen LogP contribution in [0, 0.1) is 6.92 Å². The van der Waals surface area contributed by atoms with Gasteiger partial charge in [-0.15, -0.1) is 0 Å². The number of halogens is 1. The average molecular weight is 229 g/mol. The van der Waals surface area contributed by atoms with Crippen LogP contribution in [0.2, 0.25) is 5.15 Å². The summed E-state index contributed by atoms with van der Waals surface area (Å²) in [6, 6.07) is 0.262. The van der Waals surface area contributed by atoms with Crippen LogP contribution in [0.3, 0.4) is 0 Å². The molecule has 1 aromatic rings. The zero-order valence-electron chi connectivity index (χ0n) is 8.46. The second kappa shape index (κ2) is 4.20. The van der Waals surface area contributed by atoms with Gasteiger partial charge in [-0.1, -0.05) is 11.6 Å². The highest BCUT2D eigenvalue weighted by molar-refractivity contribution is 6.32. The molecule has 0 aromatic carbocycles. The van der Waals surface area contributed by atoms with E-state index in [2.05, 4.69) is 15.3 Å². The first kappa shape index (κ1) is 10.4. The van der Waals surface area contributed by atoms with Gasteiger partial charge in [0.05, 0.1) is 12.6 Å². The van der Waals surface area contributed by atoms with Crippen LogP contribution in [0.15, 0.2) is 0 Å². The Hall–Kier alpha value is -1.07. The van der Waals surface area contributed by atoms with Gasteiger partial charge in [0.25, 0.3) is 0 Å². The highest BCUT2D eigenvalue weighted by Gasteiger charge is 2.18. The van der Waals surface area contributed by atoms with Crippen LogP contribution >= 0.6 is 11.6 Å². The predicted molar refractivity (Wildman–Crippen MR) is 59.0 cm³/mol. The highest BCUT2D eigenvalue weighted by atomic mass is 35.5. The Morgan fingerprint density at radius 3 is 3.00 bits per heavy atom. The van der Waals surface area contributed by atoms with Crippen LogP contribution in [0.4, 0.5) is 11.5 Å². The zero-order valence-corrected chi connectivity index (χ0v) is 9.21. The van der Waals surface area contributed by atoms with Crippen LogP contribution in [-0.2, 0) is 4.74 Å². The van der Waals surface area contributed by atoms with Crippen molar-refractivity contribution >= 4 is 23.1 Å². The summed E-state index contributed by atoms with van der Waals surface area (Å²) in [6.07, 6.45) is 0.958. The number of aromatic nitrogens is 2. The number of rotatable bonds is 2. The fraction of sp³-hybridized carbons (Fsp3) is 0.556. The van der Waals surface area contributed by atoms with Crippen molar-refractivity contribution in [2.75, 3.05) is 24.3 Å². The summed E-state index contributed by atoms with van der Waals surface area (Å²) in [7, 11) is 0. The van der Waals surface area contributed by atoms with E-state index in [-0.39, 0.29) is 6.04 Å². The number of nitrogens with one attached hydrogen (secondary N) is 1. The summed E-state index contributed by atoms with van der Waals surface area (Å²) in [5.41, 5.74) is 6.17. The monoisotopic (exact) mass is 228 g/mol. The van der Waals surface area contributed by atoms with Gasteiger partial charge in [-0.05, 0) is 13.3 Å².